The molecule has 0 aromatic carbocycles. The molecule has 0 bridgehead atoms. The first kappa shape index (κ1) is 17.6. The summed E-state index contributed by atoms with van der Waals surface area (Å²) in [5, 5.41) is 0. The third kappa shape index (κ3) is 9.18. The fourth-order valence-electron chi connectivity index (χ4n) is 1.73. The molecule has 0 heterocycles. The topological polar surface area (TPSA) is 0 Å². The van der Waals surface area contributed by atoms with E-state index in [0.717, 1.165) is 17.8 Å². The third-order valence-corrected chi connectivity index (χ3v) is 2.93. The molecule has 0 aromatic heterocycles. The standard InChI is InChI=1S/C10H19.C4H7.Zn/c1-8(2)10-6-4-9(3)5-7-10;1-3-4-2;/h6,8-10H,4-5,7H2,1-3H3;3-4H,1H2,2H3;/q2*-1;+2/b;4-3+;. The first-order chi connectivity index (χ1) is 6.61. The van der Waals surface area contributed by atoms with Crippen LogP contribution in [0.4, 0.5) is 0 Å². The molecule has 1 saturated carbocycles. The predicted molar refractivity (Wildman–Crippen MR) is 65.8 cm³/mol. The average Bonchev–Trinajstić information content (AvgIpc) is 2.19. The summed E-state index contributed by atoms with van der Waals surface area (Å²) in [7, 11) is 0. The van der Waals surface area contributed by atoms with Crippen LogP contribution in [-0.4, -0.2) is 0 Å². The summed E-state index contributed by atoms with van der Waals surface area (Å²) < 4.78 is 0. The van der Waals surface area contributed by atoms with Crippen LogP contribution in [-0.2, 0) is 19.5 Å². The maximum Gasteiger partial charge on any atom is 2.00 e. The van der Waals surface area contributed by atoms with Gasteiger partial charge in [0.25, 0.3) is 0 Å². The number of rotatable bonds is 1. The molecule has 0 spiro atoms. The molecular weight excluding hydrogens is 234 g/mol. The molecule has 0 nitrogen and oxygen atoms in total. The zero-order valence-electron chi connectivity index (χ0n) is 11.0. The SMILES string of the molecule is CC1C[CH-]C(C(C)C)CC1.[CH2-]/C=C/C.[Zn+2]. The second-order valence-corrected chi connectivity index (χ2v) is 4.63. The normalized spacial score (nSPS) is 25.7. The van der Waals surface area contributed by atoms with Crippen LogP contribution in [0.5, 0.6) is 0 Å². The molecule has 0 aromatic rings. The first-order valence-corrected chi connectivity index (χ1v) is 5.85. The molecule has 1 aliphatic rings. The monoisotopic (exact) mass is 258 g/mol. The second kappa shape index (κ2) is 10.7. The van der Waals surface area contributed by atoms with Gasteiger partial charge >= 0.3 is 19.5 Å². The van der Waals surface area contributed by atoms with Crippen molar-refractivity contribution in [1.29, 1.82) is 0 Å². The Balaban J connectivity index is 0. The van der Waals surface area contributed by atoms with Gasteiger partial charge in [-0.2, -0.15) is 12.3 Å². The van der Waals surface area contributed by atoms with Crippen LogP contribution in [0.2, 0.25) is 0 Å². The van der Waals surface area contributed by atoms with Crippen LogP contribution in [0.3, 0.4) is 0 Å². The molecular formula is C14H26Zn. The molecule has 1 fully saturated rings. The van der Waals surface area contributed by atoms with E-state index in [2.05, 4.69) is 34.1 Å². The van der Waals surface area contributed by atoms with Gasteiger partial charge in [-0.3, -0.25) is 0 Å². The minimum atomic E-state index is 0. The Labute approximate surface area is 110 Å². The van der Waals surface area contributed by atoms with Crippen LogP contribution in [0.25, 0.3) is 0 Å². The molecule has 15 heavy (non-hydrogen) atoms. The van der Waals surface area contributed by atoms with Gasteiger partial charge in [-0.1, -0.05) is 45.4 Å². The van der Waals surface area contributed by atoms with E-state index >= 15 is 0 Å². The third-order valence-electron chi connectivity index (χ3n) is 2.93. The van der Waals surface area contributed by atoms with Crippen LogP contribution >= 0.6 is 0 Å². The molecule has 0 radical (unpaired) electrons. The van der Waals surface area contributed by atoms with Gasteiger partial charge in [-0.15, -0.1) is 6.92 Å². The summed E-state index contributed by atoms with van der Waals surface area (Å²) in [6, 6.07) is 0. The molecule has 0 amide bonds. The van der Waals surface area contributed by atoms with Gasteiger partial charge in [-0.25, -0.2) is 19.1 Å². The van der Waals surface area contributed by atoms with Crippen molar-refractivity contribution in [3.05, 3.63) is 25.5 Å². The Morgan fingerprint density at radius 1 is 1.33 bits per heavy atom. The summed E-state index contributed by atoms with van der Waals surface area (Å²) in [5.41, 5.74) is 0. The van der Waals surface area contributed by atoms with Gasteiger partial charge < -0.3 is 6.42 Å². The van der Waals surface area contributed by atoms with E-state index < -0.39 is 0 Å². The molecule has 1 aliphatic carbocycles. The predicted octanol–water partition coefficient (Wildman–Crippen LogP) is 4.68. The van der Waals surface area contributed by atoms with E-state index in [9.17, 15) is 0 Å². The summed E-state index contributed by atoms with van der Waals surface area (Å²) >= 11 is 0. The Kier molecular flexibility index (Phi) is 12.6. The Morgan fingerprint density at radius 3 is 2.13 bits per heavy atom. The van der Waals surface area contributed by atoms with Crippen LogP contribution in [0, 0.1) is 31.1 Å². The Hall–Kier alpha value is 0.233. The van der Waals surface area contributed by atoms with E-state index in [0.29, 0.717) is 0 Å². The van der Waals surface area contributed by atoms with E-state index in [1.165, 1.54) is 19.3 Å². The maximum absolute atomic E-state index is 3.42. The fourth-order valence-corrected chi connectivity index (χ4v) is 1.73. The van der Waals surface area contributed by atoms with E-state index in [4.69, 9.17) is 0 Å². The summed E-state index contributed by atoms with van der Waals surface area (Å²) in [5.74, 6) is 2.73. The molecule has 1 heteroatoms. The van der Waals surface area contributed by atoms with E-state index in [1.54, 1.807) is 6.08 Å². The van der Waals surface area contributed by atoms with E-state index in [1.807, 2.05) is 13.0 Å². The Morgan fingerprint density at radius 2 is 1.87 bits per heavy atom. The average molecular weight is 260 g/mol. The van der Waals surface area contributed by atoms with Gasteiger partial charge in [0.1, 0.15) is 0 Å². The molecule has 0 aliphatic heterocycles. The molecule has 2 atom stereocenters. The zero-order valence-corrected chi connectivity index (χ0v) is 14.0. The largest absolute Gasteiger partial charge is 2.00 e. The molecule has 2 unspecified atom stereocenters. The van der Waals surface area contributed by atoms with Crippen molar-refractivity contribution >= 4 is 0 Å². The Bertz CT molecular complexity index is 137. The summed E-state index contributed by atoms with van der Waals surface area (Å²) in [6.07, 6.45) is 10.4. The number of hydrogen-bond donors (Lipinski definition) is 0. The number of allylic oxidation sites excluding steroid dienone is 2. The van der Waals surface area contributed by atoms with Gasteiger partial charge in [0.2, 0.25) is 0 Å². The van der Waals surface area contributed by atoms with Gasteiger partial charge in [0.15, 0.2) is 0 Å². The van der Waals surface area contributed by atoms with Crippen molar-refractivity contribution in [3.63, 3.8) is 0 Å². The molecule has 1 rings (SSSR count). The van der Waals surface area contributed by atoms with Gasteiger partial charge in [-0.05, 0) is 0 Å². The minimum absolute atomic E-state index is 0. The molecule has 0 N–H and O–H groups in total. The molecule has 0 saturated heterocycles. The van der Waals surface area contributed by atoms with Crippen LogP contribution in [0.15, 0.2) is 12.2 Å². The first-order valence-electron chi connectivity index (χ1n) is 5.85. The second-order valence-electron chi connectivity index (χ2n) is 4.63. The summed E-state index contributed by atoms with van der Waals surface area (Å²) in [6.45, 7) is 12.4. The smallest absolute Gasteiger partial charge is 0.325 e. The minimum Gasteiger partial charge on any atom is -0.325 e. The van der Waals surface area contributed by atoms with Crippen molar-refractivity contribution in [3.8, 4) is 0 Å². The van der Waals surface area contributed by atoms with E-state index in [-0.39, 0.29) is 19.5 Å². The van der Waals surface area contributed by atoms with Gasteiger partial charge in [0.05, 0.1) is 0 Å². The van der Waals surface area contributed by atoms with Crippen LogP contribution < -0.4 is 0 Å². The van der Waals surface area contributed by atoms with Crippen molar-refractivity contribution in [2.45, 2.75) is 47.0 Å². The van der Waals surface area contributed by atoms with Crippen molar-refractivity contribution in [1.82, 2.24) is 0 Å². The van der Waals surface area contributed by atoms with Crippen molar-refractivity contribution in [2.24, 2.45) is 17.8 Å². The fraction of sp³-hybridized carbons (Fsp3) is 0.714. The quantitative estimate of drug-likeness (QED) is 0.474. The van der Waals surface area contributed by atoms with Crippen LogP contribution in [0.1, 0.15) is 47.0 Å². The number of hydrogen-bond acceptors (Lipinski definition) is 0. The van der Waals surface area contributed by atoms with Gasteiger partial charge in [0, 0.05) is 0 Å². The summed E-state index contributed by atoms with van der Waals surface area (Å²) in [4.78, 5) is 0. The maximum atomic E-state index is 3.42. The molecule has 84 valence electrons. The zero-order chi connectivity index (χ0) is 11.0. The van der Waals surface area contributed by atoms with Crippen molar-refractivity contribution in [2.75, 3.05) is 0 Å². The van der Waals surface area contributed by atoms with Crippen molar-refractivity contribution < 1.29 is 19.5 Å².